The maximum Gasteiger partial charge on any atom is 0.397 e. The molecule has 1 amide bonds. The number of β-lactam (4-membered cyclic amide) rings is 1. The van der Waals surface area contributed by atoms with Crippen LogP contribution in [0.25, 0.3) is 0 Å². The zero-order valence-corrected chi connectivity index (χ0v) is 8.94. The minimum Gasteiger partial charge on any atom is -0.219 e. The third-order valence-corrected chi connectivity index (χ3v) is 4.19. The van der Waals surface area contributed by atoms with E-state index in [-0.39, 0.29) is 0 Å². The fourth-order valence-electron chi connectivity index (χ4n) is 3.74. The Kier molecular flexibility index (Phi) is 1.65. The van der Waals surface area contributed by atoms with Crippen molar-refractivity contribution >= 4 is 12.1 Å². The standard InChI is InChI=1S/C12H18NO/c1-7(2)6-13-11-9-4-3-8(5-9)10(11)12(13)14/h6-11H,3-5H2,1-2H3/q+1. The van der Waals surface area contributed by atoms with Gasteiger partial charge in [-0.1, -0.05) is 13.8 Å². The molecule has 0 aromatic rings. The van der Waals surface area contributed by atoms with Crippen molar-refractivity contribution in [3.05, 3.63) is 0 Å². The molecule has 0 N–H and O–H groups in total. The smallest absolute Gasteiger partial charge is 0.219 e. The van der Waals surface area contributed by atoms with Crippen LogP contribution in [0.15, 0.2) is 0 Å². The van der Waals surface area contributed by atoms with E-state index in [1.807, 2.05) is 4.58 Å². The first kappa shape index (κ1) is 8.63. The monoisotopic (exact) mass is 192 g/mol. The molecule has 2 heteroatoms. The summed E-state index contributed by atoms with van der Waals surface area (Å²) in [5.41, 5.74) is 0. The molecule has 0 aromatic carbocycles. The lowest BCUT2D eigenvalue weighted by atomic mass is 9.77. The van der Waals surface area contributed by atoms with E-state index < -0.39 is 0 Å². The number of amides is 1. The molecule has 0 aromatic heterocycles. The Morgan fingerprint density at radius 1 is 1.36 bits per heavy atom. The molecule has 3 rings (SSSR count). The van der Waals surface area contributed by atoms with E-state index in [0.29, 0.717) is 23.8 Å². The van der Waals surface area contributed by atoms with Crippen molar-refractivity contribution in [1.82, 2.24) is 0 Å². The van der Waals surface area contributed by atoms with Crippen LogP contribution in [0.3, 0.4) is 0 Å². The molecule has 2 nitrogen and oxygen atoms in total. The molecule has 1 saturated heterocycles. The highest BCUT2D eigenvalue weighted by Crippen LogP contribution is 2.54. The number of carbonyl (C=O) groups is 1. The molecule has 1 heterocycles. The van der Waals surface area contributed by atoms with Crippen LogP contribution >= 0.6 is 0 Å². The third kappa shape index (κ3) is 0.918. The average molecular weight is 192 g/mol. The Bertz CT molecular complexity index is 318. The van der Waals surface area contributed by atoms with Crippen molar-refractivity contribution in [2.45, 2.75) is 39.2 Å². The molecule has 2 bridgehead atoms. The predicted molar refractivity (Wildman–Crippen MR) is 54.3 cm³/mol. The van der Waals surface area contributed by atoms with E-state index in [9.17, 15) is 4.79 Å². The van der Waals surface area contributed by atoms with Crippen LogP contribution in [0.1, 0.15) is 33.1 Å². The van der Waals surface area contributed by atoms with Gasteiger partial charge in [0.2, 0.25) is 0 Å². The van der Waals surface area contributed by atoms with Gasteiger partial charge in [0.1, 0.15) is 5.92 Å². The summed E-state index contributed by atoms with van der Waals surface area (Å²) >= 11 is 0. The van der Waals surface area contributed by atoms with Crippen molar-refractivity contribution in [2.75, 3.05) is 0 Å². The number of hydrogen-bond acceptors (Lipinski definition) is 1. The van der Waals surface area contributed by atoms with Crippen molar-refractivity contribution in [2.24, 2.45) is 23.7 Å². The minimum absolute atomic E-state index is 0.413. The largest absolute Gasteiger partial charge is 0.397 e. The first-order valence-corrected chi connectivity index (χ1v) is 5.85. The maximum atomic E-state index is 11.9. The summed E-state index contributed by atoms with van der Waals surface area (Å²) in [5.74, 6) is 2.91. The predicted octanol–water partition coefficient (Wildman–Crippen LogP) is 1.68. The summed E-state index contributed by atoms with van der Waals surface area (Å²) in [4.78, 5) is 11.9. The number of rotatable bonds is 1. The number of carbonyl (C=O) groups excluding carboxylic acids is 1. The molecule has 76 valence electrons. The molecular weight excluding hydrogens is 174 g/mol. The summed E-state index contributed by atoms with van der Waals surface area (Å²) in [6, 6.07) is 0.601. The van der Waals surface area contributed by atoms with Crippen LogP contribution in [0, 0.1) is 23.7 Å². The topological polar surface area (TPSA) is 20.1 Å². The van der Waals surface area contributed by atoms with Crippen molar-refractivity contribution in [3.8, 4) is 0 Å². The Morgan fingerprint density at radius 3 is 2.79 bits per heavy atom. The average Bonchev–Trinajstić information content (AvgIpc) is 2.70. The fraction of sp³-hybridized carbons (Fsp3) is 0.833. The highest BCUT2D eigenvalue weighted by Gasteiger charge is 2.67. The number of nitrogens with zero attached hydrogens (tertiary/aromatic N) is 1. The van der Waals surface area contributed by atoms with Crippen LogP contribution < -0.4 is 0 Å². The second-order valence-electron chi connectivity index (χ2n) is 5.49. The van der Waals surface area contributed by atoms with Gasteiger partial charge in [-0.05, 0) is 25.2 Å². The zero-order valence-electron chi connectivity index (χ0n) is 8.94. The molecular formula is C12H18NO+. The fourth-order valence-corrected chi connectivity index (χ4v) is 3.74. The third-order valence-electron chi connectivity index (χ3n) is 4.19. The highest BCUT2D eigenvalue weighted by atomic mass is 16.2. The van der Waals surface area contributed by atoms with Crippen LogP contribution in [0.2, 0.25) is 0 Å². The minimum atomic E-state index is 0.413. The van der Waals surface area contributed by atoms with Gasteiger partial charge in [-0.2, -0.15) is 4.58 Å². The first-order valence-electron chi connectivity index (χ1n) is 5.85. The van der Waals surface area contributed by atoms with Crippen LogP contribution in [0.4, 0.5) is 0 Å². The molecule has 0 radical (unpaired) electrons. The van der Waals surface area contributed by atoms with E-state index in [4.69, 9.17) is 0 Å². The Labute approximate surface area is 85.0 Å². The molecule has 1 aliphatic heterocycles. The van der Waals surface area contributed by atoms with Gasteiger partial charge in [-0.15, -0.1) is 0 Å². The second kappa shape index (κ2) is 2.68. The maximum absolute atomic E-state index is 11.9. The van der Waals surface area contributed by atoms with Gasteiger partial charge >= 0.3 is 5.91 Å². The van der Waals surface area contributed by atoms with Crippen LogP contribution in [-0.4, -0.2) is 22.7 Å². The first-order chi connectivity index (χ1) is 6.68. The second-order valence-corrected chi connectivity index (χ2v) is 5.49. The molecule has 14 heavy (non-hydrogen) atoms. The Balaban J connectivity index is 1.89. The quantitative estimate of drug-likeness (QED) is 0.457. The normalized spacial score (nSPS) is 47.4. The van der Waals surface area contributed by atoms with Gasteiger partial charge in [0.05, 0.1) is 0 Å². The lowest BCUT2D eigenvalue weighted by Gasteiger charge is -2.33. The van der Waals surface area contributed by atoms with Gasteiger partial charge in [-0.25, -0.2) is 4.79 Å². The van der Waals surface area contributed by atoms with E-state index >= 15 is 0 Å². The molecule has 0 spiro atoms. The Morgan fingerprint density at radius 2 is 2.07 bits per heavy atom. The van der Waals surface area contributed by atoms with Crippen molar-refractivity contribution in [3.63, 3.8) is 0 Å². The summed E-state index contributed by atoms with van der Waals surface area (Å²) < 4.78 is 2.04. The summed E-state index contributed by atoms with van der Waals surface area (Å²) in [7, 11) is 0. The Hall–Kier alpha value is -0.660. The molecule has 4 unspecified atom stereocenters. The zero-order chi connectivity index (χ0) is 9.87. The van der Waals surface area contributed by atoms with E-state index in [2.05, 4.69) is 20.1 Å². The number of fused-ring (bicyclic) bond motifs is 5. The lowest BCUT2D eigenvalue weighted by molar-refractivity contribution is -0.553. The van der Waals surface area contributed by atoms with Gasteiger partial charge in [0.15, 0.2) is 12.3 Å². The highest BCUT2D eigenvalue weighted by molar-refractivity contribution is 5.81. The van der Waals surface area contributed by atoms with Gasteiger partial charge < -0.3 is 0 Å². The summed E-state index contributed by atoms with van der Waals surface area (Å²) in [6.45, 7) is 4.29. The van der Waals surface area contributed by atoms with E-state index in [0.717, 1.165) is 11.8 Å². The van der Waals surface area contributed by atoms with Crippen LogP contribution in [0.5, 0.6) is 0 Å². The number of hydrogen-bond donors (Lipinski definition) is 0. The molecule has 2 aliphatic carbocycles. The molecule has 2 saturated carbocycles. The van der Waals surface area contributed by atoms with E-state index in [1.165, 1.54) is 19.3 Å². The molecule has 4 atom stereocenters. The molecule has 3 fully saturated rings. The SMILES string of the molecule is CC(C)C=[N+]1C(=O)C2C3CCC(C3)C21. The van der Waals surface area contributed by atoms with Crippen molar-refractivity contribution in [1.29, 1.82) is 0 Å². The van der Waals surface area contributed by atoms with Gasteiger partial charge in [-0.3, -0.25) is 0 Å². The van der Waals surface area contributed by atoms with Crippen LogP contribution in [-0.2, 0) is 4.79 Å². The van der Waals surface area contributed by atoms with Gasteiger partial charge in [0.25, 0.3) is 0 Å². The summed E-state index contributed by atoms with van der Waals surface area (Å²) in [5, 5.41) is 0. The lowest BCUT2D eigenvalue weighted by Crippen LogP contribution is -2.58. The summed E-state index contributed by atoms with van der Waals surface area (Å²) in [6.07, 6.45) is 6.13. The molecule has 3 aliphatic rings. The van der Waals surface area contributed by atoms with E-state index in [1.54, 1.807) is 0 Å². The van der Waals surface area contributed by atoms with Crippen molar-refractivity contribution < 1.29 is 9.37 Å². The van der Waals surface area contributed by atoms with Gasteiger partial charge in [0, 0.05) is 11.8 Å².